The second-order valence-electron chi connectivity index (χ2n) is 4.40. The van der Waals surface area contributed by atoms with E-state index in [9.17, 15) is 9.50 Å². The highest BCUT2D eigenvalue weighted by atomic mass is 35.5. The molecule has 2 N–H and O–H groups in total. The summed E-state index contributed by atoms with van der Waals surface area (Å²) in [7, 11) is 0. The lowest BCUT2D eigenvalue weighted by atomic mass is 10.0. The van der Waals surface area contributed by atoms with Crippen molar-refractivity contribution < 1.29 is 9.50 Å². The summed E-state index contributed by atoms with van der Waals surface area (Å²) in [6, 6.07) is 9.37. The maximum Gasteiger partial charge on any atom is 0.224 e. The number of nitrogens with zero attached hydrogens (tertiary/aromatic N) is 2. The van der Waals surface area contributed by atoms with Gasteiger partial charge in [0.05, 0.1) is 6.20 Å². The molecule has 0 aliphatic rings. The van der Waals surface area contributed by atoms with Gasteiger partial charge in [-0.05, 0) is 24.1 Å². The molecule has 1 heterocycles. The number of hydrogen-bond donors (Lipinski definition) is 2. The first-order chi connectivity index (χ1) is 8.96. The highest BCUT2D eigenvalue weighted by Crippen LogP contribution is 2.19. The van der Waals surface area contributed by atoms with Gasteiger partial charge in [-0.2, -0.15) is 4.98 Å². The van der Waals surface area contributed by atoms with E-state index < -0.39 is 11.5 Å². The minimum atomic E-state index is -1.35. The first-order valence-electron chi connectivity index (χ1n) is 5.69. The zero-order chi connectivity index (χ0) is 13.9. The van der Waals surface area contributed by atoms with Crippen molar-refractivity contribution in [2.75, 3.05) is 5.32 Å². The van der Waals surface area contributed by atoms with E-state index in [1.165, 1.54) is 6.92 Å². The highest BCUT2D eigenvalue weighted by Gasteiger charge is 2.23. The summed E-state index contributed by atoms with van der Waals surface area (Å²) in [5.41, 5.74) is -0.430. The van der Waals surface area contributed by atoms with Gasteiger partial charge in [-0.15, -0.1) is 0 Å². The summed E-state index contributed by atoms with van der Waals surface area (Å²) in [5, 5.41) is 12.8. The average Bonchev–Trinajstić information content (AvgIpc) is 2.34. The molecule has 6 heteroatoms. The molecule has 0 saturated heterocycles. The van der Waals surface area contributed by atoms with Gasteiger partial charge in [0.15, 0.2) is 11.6 Å². The zero-order valence-electron chi connectivity index (χ0n) is 10.3. The van der Waals surface area contributed by atoms with Crippen molar-refractivity contribution in [3.05, 3.63) is 53.2 Å². The molecular formula is C13H13ClFN3O. The standard InChI is InChI=1S/C13H13ClFN3O/c1-13(19,7-9-5-3-2-4-6-9)18-11-10(15)8-16-12(14)17-11/h2-6,8,19H,7H2,1H3,(H,16,17,18)/t13-/m0/s1. The first kappa shape index (κ1) is 13.7. The molecule has 2 aromatic rings. The van der Waals surface area contributed by atoms with Crippen molar-refractivity contribution in [3.8, 4) is 0 Å². The van der Waals surface area contributed by atoms with E-state index in [1.54, 1.807) is 0 Å². The Labute approximate surface area is 115 Å². The Balaban J connectivity index is 2.14. The SMILES string of the molecule is C[C@](O)(Cc1ccccc1)Nc1nc(Cl)ncc1F. The van der Waals surface area contributed by atoms with E-state index in [2.05, 4.69) is 15.3 Å². The van der Waals surface area contributed by atoms with Crippen LogP contribution in [0.1, 0.15) is 12.5 Å². The lowest BCUT2D eigenvalue weighted by Gasteiger charge is -2.25. The molecule has 4 nitrogen and oxygen atoms in total. The van der Waals surface area contributed by atoms with E-state index in [1.807, 2.05) is 30.3 Å². The number of aliphatic hydroxyl groups is 1. The van der Waals surface area contributed by atoms with E-state index in [0.29, 0.717) is 6.42 Å². The molecular weight excluding hydrogens is 269 g/mol. The van der Waals surface area contributed by atoms with Crippen LogP contribution in [0.3, 0.4) is 0 Å². The lowest BCUT2D eigenvalue weighted by Crippen LogP contribution is -2.37. The molecule has 0 amide bonds. The molecule has 2 rings (SSSR count). The largest absolute Gasteiger partial charge is 0.371 e. The monoisotopic (exact) mass is 281 g/mol. The molecule has 1 aromatic carbocycles. The molecule has 0 bridgehead atoms. The van der Waals surface area contributed by atoms with Crippen molar-refractivity contribution in [2.24, 2.45) is 0 Å². The third-order valence-corrected chi connectivity index (χ3v) is 2.68. The molecule has 0 fully saturated rings. The molecule has 100 valence electrons. The Hall–Kier alpha value is -1.72. The van der Waals surface area contributed by atoms with Crippen molar-refractivity contribution in [1.82, 2.24) is 9.97 Å². The summed E-state index contributed by atoms with van der Waals surface area (Å²) in [6.07, 6.45) is 1.26. The summed E-state index contributed by atoms with van der Waals surface area (Å²) < 4.78 is 13.5. The van der Waals surface area contributed by atoms with Crippen LogP contribution in [0.15, 0.2) is 36.5 Å². The Morgan fingerprint density at radius 1 is 1.37 bits per heavy atom. The van der Waals surface area contributed by atoms with Gasteiger partial charge < -0.3 is 10.4 Å². The second-order valence-corrected chi connectivity index (χ2v) is 4.73. The Morgan fingerprint density at radius 3 is 2.74 bits per heavy atom. The van der Waals surface area contributed by atoms with E-state index in [-0.39, 0.29) is 11.1 Å². The minimum absolute atomic E-state index is 0.0839. The smallest absolute Gasteiger partial charge is 0.224 e. The fourth-order valence-corrected chi connectivity index (χ4v) is 1.86. The maximum atomic E-state index is 13.5. The third kappa shape index (κ3) is 3.87. The molecule has 1 aromatic heterocycles. The van der Waals surface area contributed by atoms with E-state index in [4.69, 9.17) is 11.6 Å². The van der Waals surface area contributed by atoms with Crippen LogP contribution < -0.4 is 5.32 Å². The molecule has 0 spiro atoms. The Morgan fingerprint density at radius 2 is 2.05 bits per heavy atom. The number of hydrogen-bond acceptors (Lipinski definition) is 4. The molecule has 19 heavy (non-hydrogen) atoms. The topological polar surface area (TPSA) is 58.0 Å². The predicted octanol–water partition coefficient (Wildman–Crippen LogP) is 2.63. The average molecular weight is 282 g/mol. The Bertz CT molecular complexity index is 563. The van der Waals surface area contributed by atoms with Crippen LogP contribution >= 0.6 is 11.6 Å². The van der Waals surface area contributed by atoms with Crippen LogP contribution in [-0.2, 0) is 6.42 Å². The molecule has 0 aliphatic carbocycles. The van der Waals surface area contributed by atoms with Crippen LogP contribution in [0.4, 0.5) is 10.2 Å². The quantitative estimate of drug-likeness (QED) is 0.668. The third-order valence-electron chi connectivity index (χ3n) is 2.49. The number of halogens is 2. The van der Waals surface area contributed by atoms with Crippen LogP contribution in [0, 0.1) is 5.82 Å². The van der Waals surface area contributed by atoms with Crippen LogP contribution in [0.2, 0.25) is 5.28 Å². The summed E-state index contributed by atoms with van der Waals surface area (Å²) in [5.74, 6) is -0.793. The number of anilines is 1. The van der Waals surface area contributed by atoms with Gasteiger partial charge >= 0.3 is 0 Å². The van der Waals surface area contributed by atoms with E-state index in [0.717, 1.165) is 11.8 Å². The number of nitrogens with one attached hydrogen (secondary N) is 1. The van der Waals surface area contributed by atoms with Gasteiger partial charge in [0.1, 0.15) is 5.72 Å². The lowest BCUT2D eigenvalue weighted by molar-refractivity contribution is 0.0898. The predicted molar refractivity (Wildman–Crippen MR) is 71.4 cm³/mol. The van der Waals surface area contributed by atoms with Crippen molar-refractivity contribution in [3.63, 3.8) is 0 Å². The van der Waals surface area contributed by atoms with Crippen molar-refractivity contribution in [1.29, 1.82) is 0 Å². The molecule has 0 radical (unpaired) electrons. The van der Waals surface area contributed by atoms with Gasteiger partial charge in [0.2, 0.25) is 5.28 Å². The fraction of sp³-hybridized carbons (Fsp3) is 0.231. The summed E-state index contributed by atoms with van der Waals surface area (Å²) >= 11 is 5.60. The number of benzene rings is 1. The highest BCUT2D eigenvalue weighted by molar-refractivity contribution is 6.28. The Kier molecular flexibility index (Phi) is 3.97. The van der Waals surface area contributed by atoms with Gasteiger partial charge in [0, 0.05) is 6.42 Å². The van der Waals surface area contributed by atoms with E-state index >= 15 is 0 Å². The molecule has 0 aliphatic heterocycles. The van der Waals surface area contributed by atoms with Crippen LogP contribution in [-0.4, -0.2) is 20.8 Å². The normalized spacial score (nSPS) is 13.9. The van der Waals surface area contributed by atoms with Crippen LogP contribution in [0.25, 0.3) is 0 Å². The molecule has 0 unspecified atom stereocenters. The fourth-order valence-electron chi connectivity index (χ4n) is 1.73. The second kappa shape index (κ2) is 5.50. The minimum Gasteiger partial charge on any atom is -0.371 e. The zero-order valence-corrected chi connectivity index (χ0v) is 11.0. The van der Waals surface area contributed by atoms with Gasteiger partial charge in [0.25, 0.3) is 0 Å². The first-order valence-corrected chi connectivity index (χ1v) is 6.07. The maximum absolute atomic E-state index is 13.5. The number of aromatic nitrogens is 2. The van der Waals surface area contributed by atoms with Crippen molar-refractivity contribution in [2.45, 2.75) is 19.1 Å². The van der Waals surface area contributed by atoms with Gasteiger partial charge in [-0.1, -0.05) is 30.3 Å². The number of rotatable bonds is 4. The summed E-state index contributed by atoms with van der Waals surface area (Å²) in [6.45, 7) is 1.54. The van der Waals surface area contributed by atoms with Crippen molar-refractivity contribution >= 4 is 17.4 Å². The van der Waals surface area contributed by atoms with Gasteiger partial charge in [-0.3, -0.25) is 0 Å². The molecule has 1 atom stereocenters. The van der Waals surface area contributed by atoms with Crippen LogP contribution in [0.5, 0.6) is 0 Å². The molecule has 0 saturated carbocycles. The summed E-state index contributed by atoms with van der Waals surface area (Å²) in [4.78, 5) is 7.22. The van der Waals surface area contributed by atoms with Gasteiger partial charge in [-0.25, -0.2) is 9.37 Å².